The summed E-state index contributed by atoms with van der Waals surface area (Å²) in [7, 11) is 0. The third kappa shape index (κ3) is 2.10. The van der Waals surface area contributed by atoms with Crippen LogP contribution in [0.15, 0.2) is 24.3 Å². The molecule has 0 spiro atoms. The van der Waals surface area contributed by atoms with Crippen molar-refractivity contribution in [2.24, 2.45) is 0 Å². The van der Waals surface area contributed by atoms with Gasteiger partial charge in [-0.25, -0.2) is 4.90 Å². The van der Waals surface area contributed by atoms with Crippen LogP contribution in [0, 0.1) is 6.92 Å². The van der Waals surface area contributed by atoms with E-state index in [-0.39, 0.29) is 0 Å². The predicted octanol–water partition coefficient (Wildman–Crippen LogP) is 2.49. The Bertz CT molecular complexity index is 368. The van der Waals surface area contributed by atoms with Gasteiger partial charge in [0.1, 0.15) is 0 Å². The molecule has 1 aromatic rings. The number of benzene rings is 1. The van der Waals surface area contributed by atoms with Gasteiger partial charge >= 0.3 is 0 Å². The van der Waals surface area contributed by atoms with Crippen molar-refractivity contribution in [1.82, 2.24) is 4.90 Å². The first kappa shape index (κ1) is 12.6. The van der Waals surface area contributed by atoms with Gasteiger partial charge in [0, 0.05) is 18.7 Å². The van der Waals surface area contributed by atoms with Crippen molar-refractivity contribution in [2.75, 3.05) is 26.3 Å². The molecule has 2 saturated heterocycles. The summed E-state index contributed by atoms with van der Waals surface area (Å²) in [5.74, 6) is -0.577. The maximum atomic E-state index is 5.81. The highest BCUT2D eigenvalue weighted by atomic mass is 16.7. The Kier molecular flexibility index (Phi) is 3.82. The SMILES string of the molecule is CC.Cc1cccc(C23OCCN2CCO3)c1. The number of hydrogen-bond acceptors (Lipinski definition) is 3. The zero-order valence-electron chi connectivity index (χ0n) is 10.9. The molecule has 17 heavy (non-hydrogen) atoms. The highest BCUT2D eigenvalue weighted by Gasteiger charge is 2.49. The molecular weight excluding hydrogens is 214 g/mol. The number of fused-ring (bicyclic) bond motifs is 1. The Morgan fingerprint density at radius 3 is 2.35 bits per heavy atom. The summed E-state index contributed by atoms with van der Waals surface area (Å²) in [6.45, 7) is 9.54. The minimum Gasteiger partial charge on any atom is -0.332 e. The van der Waals surface area contributed by atoms with E-state index in [1.54, 1.807) is 0 Å². The highest BCUT2D eigenvalue weighted by Crippen LogP contribution is 2.39. The van der Waals surface area contributed by atoms with E-state index < -0.39 is 5.91 Å². The molecule has 0 bridgehead atoms. The van der Waals surface area contributed by atoms with Gasteiger partial charge in [-0.15, -0.1) is 0 Å². The molecule has 1 aromatic carbocycles. The predicted molar refractivity (Wildman–Crippen MR) is 67.7 cm³/mol. The molecule has 0 N–H and O–H groups in total. The Balaban J connectivity index is 0.000000514. The normalized spacial score (nSPS) is 21.8. The van der Waals surface area contributed by atoms with E-state index in [1.807, 2.05) is 13.8 Å². The number of hydrogen-bond donors (Lipinski definition) is 0. The third-order valence-corrected chi connectivity index (χ3v) is 3.12. The zero-order valence-corrected chi connectivity index (χ0v) is 10.9. The lowest BCUT2D eigenvalue weighted by atomic mass is 10.1. The minimum absolute atomic E-state index is 0.577. The van der Waals surface area contributed by atoms with E-state index in [1.165, 1.54) is 5.56 Å². The molecule has 2 aliphatic heterocycles. The standard InChI is InChI=1S/C12H15NO2.C2H6/c1-10-3-2-4-11(9-10)12-13(5-7-14-12)6-8-15-12;1-2/h2-4,9H,5-8H2,1H3;1-2H3. The Labute approximate surface area is 103 Å². The molecule has 2 heterocycles. The average Bonchev–Trinajstić information content (AvgIpc) is 2.91. The van der Waals surface area contributed by atoms with Gasteiger partial charge in [-0.05, 0) is 13.0 Å². The maximum absolute atomic E-state index is 5.81. The van der Waals surface area contributed by atoms with Crippen LogP contribution >= 0.6 is 0 Å². The van der Waals surface area contributed by atoms with Crippen LogP contribution in [0.2, 0.25) is 0 Å². The van der Waals surface area contributed by atoms with Crippen LogP contribution in [-0.4, -0.2) is 31.2 Å². The number of nitrogens with zero attached hydrogens (tertiary/aromatic N) is 1. The summed E-state index contributed by atoms with van der Waals surface area (Å²) in [6.07, 6.45) is 0. The largest absolute Gasteiger partial charge is 0.332 e. The van der Waals surface area contributed by atoms with Crippen LogP contribution in [0.25, 0.3) is 0 Å². The Morgan fingerprint density at radius 2 is 1.76 bits per heavy atom. The summed E-state index contributed by atoms with van der Waals surface area (Å²) in [6, 6.07) is 8.37. The summed E-state index contributed by atoms with van der Waals surface area (Å²) in [5.41, 5.74) is 2.37. The third-order valence-electron chi connectivity index (χ3n) is 3.12. The first-order valence-corrected chi connectivity index (χ1v) is 6.41. The molecule has 0 saturated carbocycles. The lowest BCUT2D eigenvalue weighted by Gasteiger charge is -2.29. The van der Waals surface area contributed by atoms with Gasteiger partial charge in [-0.3, -0.25) is 0 Å². The van der Waals surface area contributed by atoms with Gasteiger partial charge in [0.05, 0.1) is 13.2 Å². The smallest absolute Gasteiger partial charge is 0.258 e. The molecule has 94 valence electrons. The van der Waals surface area contributed by atoms with E-state index in [0.29, 0.717) is 0 Å². The van der Waals surface area contributed by atoms with Crippen molar-refractivity contribution < 1.29 is 9.47 Å². The summed E-state index contributed by atoms with van der Waals surface area (Å²) < 4.78 is 11.6. The molecule has 0 aliphatic carbocycles. The number of ether oxygens (including phenoxy) is 2. The van der Waals surface area contributed by atoms with Crippen LogP contribution in [0.4, 0.5) is 0 Å². The van der Waals surface area contributed by atoms with Crippen LogP contribution in [-0.2, 0) is 15.4 Å². The Hall–Kier alpha value is -0.900. The molecule has 3 rings (SSSR count). The summed E-state index contributed by atoms with van der Waals surface area (Å²) in [4.78, 5) is 2.27. The van der Waals surface area contributed by atoms with E-state index in [4.69, 9.17) is 9.47 Å². The van der Waals surface area contributed by atoms with Gasteiger partial charge < -0.3 is 9.47 Å². The second-order valence-electron chi connectivity index (χ2n) is 4.14. The maximum Gasteiger partial charge on any atom is 0.258 e. The van der Waals surface area contributed by atoms with Gasteiger partial charge in [-0.1, -0.05) is 37.6 Å². The highest BCUT2D eigenvalue weighted by molar-refractivity contribution is 5.27. The molecular formula is C14H21NO2. The molecule has 0 unspecified atom stereocenters. The van der Waals surface area contributed by atoms with Gasteiger partial charge in [-0.2, -0.15) is 0 Å². The monoisotopic (exact) mass is 235 g/mol. The molecule has 2 fully saturated rings. The second-order valence-corrected chi connectivity index (χ2v) is 4.14. The number of rotatable bonds is 1. The lowest BCUT2D eigenvalue weighted by molar-refractivity contribution is -0.241. The average molecular weight is 235 g/mol. The Morgan fingerprint density at radius 1 is 1.12 bits per heavy atom. The molecule has 0 amide bonds. The molecule has 2 aliphatic rings. The topological polar surface area (TPSA) is 21.7 Å². The van der Waals surface area contributed by atoms with Crippen molar-refractivity contribution >= 4 is 0 Å². The molecule has 0 radical (unpaired) electrons. The number of aryl methyl sites for hydroxylation is 1. The van der Waals surface area contributed by atoms with Crippen molar-refractivity contribution in [3.05, 3.63) is 35.4 Å². The zero-order chi connectivity index (χ0) is 12.3. The van der Waals surface area contributed by atoms with E-state index in [0.717, 1.165) is 31.9 Å². The summed E-state index contributed by atoms with van der Waals surface area (Å²) >= 11 is 0. The molecule has 0 aromatic heterocycles. The quantitative estimate of drug-likeness (QED) is 0.746. The fraction of sp³-hybridized carbons (Fsp3) is 0.571. The molecule has 0 atom stereocenters. The van der Waals surface area contributed by atoms with E-state index >= 15 is 0 Å². The van der Waals surface area contributed by atoms with Gasteiger partial charge in [0.15, 0.2) is 0 Å². The van der Waals surface area contributed by atoms with Crippen LogP contribution in [0.5, 0.6) is 0 Å². The van der Waals surface area contributed by atoms with Crippen molar-refractivity contribution in [3.63, 3.8) is 0 Å². The first-order valence-electron chi connectivity index (χ1n) is 6.41. The van der Waals surface area contributed by atoms with Gasteiger partial charge in [0.2, 0.25) is 0 Å². The van der Waals surface area contributed by atoms with Crippen LogP contribution in [0.3, 0.4) is 0 Å². The van der Waals surface area contributed by atoms with Crippen molar-refractivity contribution in [2.45, 2.75) is 26.7 Å². The fourth-order valence-corrected chi connectivity index (χ4v) is 2.41. The second kappa shape index (κ2) is 5.17. The molecule has 3 heteroatoms. The van der Waals surface area contributed by atoms with Crippen molar-refractivity contribution in [1.29, 1.82) is 0 Å². The van der Waals surface area contributed by atoms with E-state index in [9.17, 15) is 0 Å². The lowest BCUT2D eigenvalue weighted by Crippen LogP contribution is -2.37. The van der Waals surface area contributed by atoms with Crippen molar-refractivity contribution in [3.8, 4) is 0 Å². The molecule has 3 nitrogen and oxygen atoms in total. The minimum atomic E-state index is -0.577. The summed E-state index contributed by atoms with van der Waals surface area (Å²) in [5, 5.41) is 0. The first-order chi connectivity index (χ1) is 8.31. The van der Waals surface area contributed by atoms with E-state index in [2.05, 4.69) is 36.1 Å². The van der Waals surface area contributed by atoms with Crippen LogP contribution < -0.4 is 0 Å². The van der Waals surface area contributed by atoms with Gasteiger partial charge in [0.25, 0.3) is 5.91 Å². The fourth-order valence-electron chi connectivity index (χ4n) is 2.41. The van der Waals surface area contributed by atoms with Crippen LogP contribution in [0.1, 0.15) is 25.0 Å².